The SMILES string of the molecule is COC(CNC(=O)c1cc(=O)n(C)c2ccccc12)C(=O)O. The minimum Gasteiger partial charge on any atom is -0.479 e. The molecule has 0 aliphatic carbocycles. The van der Waals surface area contributed by atoms with E-state index in [1.54, 1.807) is 31.3 Å². The molecule has 0 radical (unpaired) electrons. The highest BCUT2D eigenvalue weighted by molar-refractivity contribution is 6.06. The molecule has 0 spiro atoms. The van der Waals surface area contributed by atoms with E-state index in [1.807, 2.05) is 0 Å². The van der Waals surface area contributed by atoms with Crippen LogP contribution < -0.4 is 10.9 Å². The van der Waals surface area contributed by atoms with Crippen molar-refractivity contribution in [2.75, 3.05) is 13.7 Å². The van der Waals surface area contributed by atoms with Gasteiger partial charge in [0.1, 0.15) is 0 Å². The third-order valence-corrected chi connectivity index (χ3v) is 3.41. The summed E-state index contributed by atoms with van der Waals surface area (Å²) in [5.41, 5.74) is 0.519. The number of para-hydroxylation sites is 1. The van der Waals surface area contributed by atoms with Crippen LogP contribution in [0.2, 0.25) is 0 Å². The number of benzene rings is 1. The summed E-state index contributed by atoms with van der Waals surface area (Å²) in [5.74, 6) is -1.69. The summed E-state index contributed by atoms with van der Waals surface area (Å²) in [4.78, 5) is 35.0. The number of nitrogens with zero attached hydrogens (tertiary/aromatic N) is 1. The van der Waals surface area contributed by atoms with Crippen LogP contribution in [-0.4, -0.2) is 41.3 Å². The van der Waals surface area contributed by atoms with Gasteiger partial charge in [-0.3, -0.25) is 9.59 Å². The molecule has 7 heteroatoms. The van der Waals surface area contributed by atoms with E-state index in [0.717, 1.165) is 0 Å². The number of nitrogens with one attached hydrogen (secondary N) is 1. The van der Waals surface area contributed by atoms with Gasteiger partial charge in [0.2, 0.25) is 0 Å². The minimum absolute atomic E-state index is 0.186. The number of ether oxygens (including phenoxy) is 1. The summed E-state index contributed by atoms with van der Waals surface area (Å²) >= 11 is 0. The number of amides is 1. The molecule has 1 amide bonds. The van der Waals surface area contributed by atoms with E-state index in [9.17, 15) is 14.4 Å². The molecule has 0 bridgehead atoms. The predicted octanol–water partition coefficient (Wildman–Crippen LogP) is 0.368. The molecule has 1 heterocycles. The highest BCUT2D eigenvalue weighted by atomic mass is 16.5. The molecule has 22 heavy (non-hydrogen) atoms. The van der Waals surface area contributed by atoms with E-state index in [2.05, 4.69) is 5.32 Å². The second-order valence-electron chi connectivity index (χ2n) is 4.75. The first kappa shape index (κ1) is 15.7. The molecule has 0 fully saturated rings. The number of aryl methyl sites for hydroxylation is 1. The minimum atomic E-state index is -1.17. The normalized spacial score (nSPS) is 12.1. The third kappa shape index (κ3) is 2.99. The molecule has 0 saturated heterocycles. The Labute approximate surface area is 126 Å². The molecule has 0 aliphatic heterocycles. The Kier molecular flexibility index (Phi) is 4.57. The highest BCUT2D eigenvalue weighted by Gasteiger charge is 2.19. The van der Waals surface area contributed by atoms with Crippen molar-refractivity contribution in [1.82, 2.24) is 9.88 Å². The summed E-state index contributed by atoms with van der Waals surface area (Å²) in [7, 11) is 2.87. The molecule has 1 unspecified atom stereocenters. The molecule has 1 aromatic carbocycles. The fraction of sp³-hybridized carbons (Fsp3) is 0.267. The van der Waals surface area contributed by atoms with Crippen molar-refractivity contribution in [3.8, 4) is 0 Å². The van der Waals surface area contributed by atoms with Gasteiger partial charge >= 0.3 is 5.97 Å². The van der Waals surface area contributed by atoms with Gasteiger partial charge in [-0.15, -0.1) is 0 Å². The van der Waals surface area contributed by atoms with Gasteiger partial charge in [0.25, 0.3) is 11.5 Å². The standard InChI is InChI=1S/C15H16N2O5/c1-17-11-6-4-3-5-9(11)10(7-13(17)18)14(19)16-8-12(22-2)15(20)21/h3-7,12H,8H2,1-2H3,(H,16,19)(H,20,21). The van der Waals surface area contributed by atoms with Crippen LogP contribution in [0.15, 0.2) is 35.1 Å². The molecule has 2 aromatic rings. The zero-order valence-electron chi connectivity index (χ0n) is 12.2. The van der Waals surface area contributed by atoms with Crippen LogP contribution in [-0.2, 0) is 16.6 Å². The maximum Gasteiger partial charge on any atom is 0.334 e. The lowest BCUT2D eigenvalue weighted by molar-refractivity contribution is -0.148. The lowest BCUT2D eigenvalue weighted by Crippen LogP contribution is -2.38. The molecule has 0 saturated carbocycles. The van der Waals surface area contributed by atoms with Crippen LogP contribution in [0, 0.1) is 0 Å². The third-order valence-electron chi connectivity index (χ3n) is 3.41. The van der Waals surface area contributed by atoms with E-state index < -0.39 is 18.0 Å². The van der Waals surface area contributed by atoms with Gasteiger partial charge < -0.3 is 19.7 Å². The predicted molar refractivity (Wildman–Crippen MR) is 80.0 cm³/mol. The Hall–Kier alpha value is -2.67. The van der Waals surface area contributed by atoms with Crippen LogP contribution >= 0.6 is 0 Å². The quantitative estimate of drug-likeness (QED) is 0.831. The first-order valence-corrected chi connectivity index (χ1v) is 6.58. The molecular formula is C15H16N2O5. The Morgan fingerprint density at radius 2 is 2.05 bits per heavy atom. The Morgan fingerprint density at radius 3 is 2.68 bits per heavy atom. The van der Waals surface area contributed by atoms with Gasteiger partial charge in [0, 0.05) is 25.6 Å². The zero-order valence-corrected chi connectivity index (χ0v) is 12.2. The molecule has 1 atom stereocenters. The van der Waals surface area contributed by atoms with E-state index in [1.165, 1.54) is 17.7 Å². The number of pyridine rings is 1. The second kappa shape index (κ2) is 6.40. The van der Waals surface area contributed by atoms with Gasteiger partial charge in [-0.25, -0.2) is 4.79 Å². The number of carbonyl (C=O) groups is 2. The van der Waals surface area contributed by atoms with Crippen LogP contribution in [0.3, 0.4) is 0 Å². The molecular weight excluding hydrogens is 288 g/mol. The summed E-state index contributed by atoms with van der Waals surface area (Å²) in [6.07, 6.45) is -1.14. The van der Waals surface area contributed by atoms with Crippen molar-refractivity contribution in [3.63, 3.8) is 0 Å². The van der Waals surface area contributed by atoms with Gasteiger partial charge in [-0.1, -0.05) is 18.2 Å². The number of rotatable bonds is 5. The Morgan fingerprint density at radius 1 is 1.36 bits per heavy atom. The second-order valence-corrected chi connectivity index (χ2v) is 4.75. The van der Waals surface area contributed by atoms with Crippen molar-refractivity contribution in [1.29, 1.82) is 0 Å². The van der Waals surface area contributed by atoms with Crippen molar-refractivity contribution in [2.24, 2.45) is 7.05 Å². The fourth-order valence-corrected chi connectivity index (χ4v) is 2.15. The van der Waals surface area contributed by atoms with Gasteiger partial charge in [-0.2, -0.15) is 0 Å². The smallest absolute Gasteiger partial charge is 0.334 e. The maximum absolute atomic E-state index is 12.3. The number of fused-ring (bicyclic) bond motifs is 1. The summed E-state index contributed by atoms with van der Waals surface area (Å²) in [5, 5.41) is 12.0. The zero-order chi connectivity index (χ0) is 16.3. The Bertz CT molecular complexity index is 781. The number of aromatic nitrogens is 1. The van der Waals surface area contributed by atoms with Crippen LogP contribution in [0.4, 0.5) is 0 Å². The highest BCUT2D eigenvalue weighted by Crippen LogP contribution is 2.16. The average molecular weight is 304 g/mol. The van der Waals surface area contributed by atoms with Crippen molar-refractivity contribution >= 4 is 22.8 Å². The first-order valence-electron chi connectivity index (χ1n) is 6.58. The van der Waals surface area contributed by atoms with Crippen molar-refractivity contribution in [2.45, 2.75) is 6.10 Å². The summed E-state index contributed by atoms with van der Waals surface area (Å²) in [6, 6.07) is 8.24. The summed E-state index contributed by atoms with van der Waals surface area (Å²) in [6.45, 7) is -0.186. The largest absolute Gasteiger partial charge is 0.479 e. The molecule has 116 valence electrons. The fourth-order valence-electron chi connectivity index (χ4n) is 2.15. The van der Waals surface area contributed by atoms with E-state index >= 15 is 0 Å². The number of aliphatic carboxylic acids is 1. The van der Waals surface area contributed by atoms with E-state index in [0.29, 0.717) is 10.9 Å². The maximum atomic E-state index is 12.3. The lowest BCUT2D eigenvalue weighted by Gasteiger charge is -2.13. The van der Waals surface area contributed by atoms with Gasteiger partial charge in [0.05, 0.1) is 17.6 Å². The number of methoxy groups -OCH3 is 1. The van der Waals surface area contributed by atoms with Gasteiger partial charge in [0.15, 0.2) is 6.10 Å². The molecule has 2 N–H and O–H groups in total. The monoisotopic (exact) mass is 304 g/mol. The number of carboxylic acids is 1. The first-order chi connectivity index (χ1) is 10.5. The molecule has 2 rings (SSSR count). The van der Waals surface area contributed by atoms with E-state index in [-0.39, 0.29) is 17.7 Å². The van der Waals surface area contributed by atoms with Gasteiger partial charge in [-0.05, 0) is 6.07 Å². The van der Waals surface area contributed by atoms with Crippen LogP contribution in [0.25, 0.3) is 10.9 Å². The Balaban J connectivity index is 2.35. The number of carboxylic acid groups (broad SMARTS) is 1. The van der Waals surface area contributed by atoms with Crippen LogP contribution in [0.1, 0.15) is 10.4 Å². The molecule has 1 aromatic heterocycles. The number of hydrogen-bond acceptors (Lipinski definition) is 4. The van der Waals surface area contributed by atoms with E-state index in [4.69, 9.17) is 9.84 Å². The average Bonchev–Trinajstić information content (AvgIpc) is 2.51. The van der Waals surface area contributed by atoms with Crippen molar-refractivity contribution in [3.05, 3.63) is 46.2 Å². The van der Waals surface area contributed by atoms with Crippen LogP contribution in [0.5, 0.6) is 0 Å². The topological polar surface area (TPSA) is 97.6 Å². The van der Waals surface area contributed by atoms with Crippen molar-refractivity contribution < 1.29 is 19.4 Å². The molecule has 0 aliphatic rings. The number of carbonyl (C=O) groups excluding carboxylic acids is 1. The molecule has 7 nitrogen and oxygen atoms in total. The summed E-state index contributed by atoms with van der Waals surface area (Å²) < 4.78 is 6.19. The lowest BCUT2D eigenvalue weighted by atomic mass is 10.1. The number of hydrogen-bond donors (Lipinski definition) is 2.